The number of ether oxygens (including phenoxy) is 2. The van der Waals surface area contributed by atoms with Gasteiger partial charge in [-0.15, -0.1) is 0 Å². The standard InChI is InChI=1S/C23H31FN2O4/c24-19-5-1-4-18(13-19)21-14-20(30-26-21)15-23(7-11-28-12-8-23)22(27)25-9-2-3-17-6-10-29-16-17/h1,4-5,13,17,20H,2-3,6-12,14-16H2,(H,25,27)/t17-,20+/m1/s1. The van der Waals surface area contributed by atoms with E-state index < -0.39 is 5.41 Å². The zero-order valence-electron chi connectivity index (χ0n) is 17.4. The van der Waals surface area contributed by atoms with Crippen LogP contribution in [0, 0.1) is 17.2 Å². The molecule has 3 heterocycles. The predicted molar refractivity (Wildman–Crippen MR) is 111 cm³/mol. The van der Waals surface area contributed by atoms with Gasteiger partial charge in [0.2, 0.25) is 5.91 Å². The van der Waals surface area contributed by atoms with Crippen molar-refractivity contribution in [3.63, 3.8) is 0 Å². The molecule has 2 fully saturated rings. The van der Waals surface area contributed by atoms with Crippen molar-refractivity contribution in [1.82, 2.24) is 5.32 Å². The summed E-state index contributed by atoms with van der Waals surface area (Å²) in [5.41, 5.74) is 0.978. The van der Waals surface area contributed by atoms with Crippen LogP contribution in [-0.2, 0) is 19.1 Å². The van der Waals surface area contributed by atoms with E-state index in [1.165, 1.54) is 12.1 Å². The number of nitrogens with zero attached hydrogens (tertiary/aromatic N) is 1. The van der Waals surface area contributed by atoms with Gasteiger partial charge in [-0.3, -0.25) is 4.79 Å². The van der Waals surface area contributed by atoms with Crippen LogP contribution in [0.2, 0.25) is 0 Å². The number of amides is 1. The van der Waals surface area contributed by atoms with Crippen molar-refractivity contribution >= 4 is 11.6 Å². The normalized spacial score (nSPS) is 25.6. The smallest absolute Gasteiger partial charge is 0.226 e. The molecule has 0 saturated carbocycles. The summed E-state index contributed by atoms with van der Waals surface area (Å²) in [6.45, 7) is 3.56. The van der Waals surface area contributed by atoms with Gasteiger partial charge in [0.25, 0.3) is 0 Å². The molecule has 1 aromatic carbocycles. The Balaban J connectivity index is 1.31. The Hall–Kier alpha value is -1.99. The molecule has 0 spiro atoms. The van der Waals surface area contributed by atoms with Crippen LogP contribution in [-0.4, -0.2) is 50.7 Å². The quantitative estimate of drug-likeness (QED) is 0.657. The average molecular weight is 419 g/mol. The van der Waals surface area contributed by atoms with Gasteiger partial charge in [0.15, 0.2) is 0 Å². The third-order valence-corrected chi connectivity index (χ3v) is 6.54. The number of hydrogen-bond donors (Lipinski definition) is 1. The molecule has 0 aliphatic carbocycles. The number of rotatable bonds is 8. The van der Waals surface area contributed by atoms with E-state index in [1.54, 1.807) is 6.07 Å². The van der Waals surface area contributed by atoms with E-state index in [1.807, 2.05) is 6.07 Å². The van der Waals surface area contributed by atoms with Crippen LogP contribution in [0.15, 0.2) is 29.4 Å². The van der Waals surface area contributed by atoms with Gasteiger partial charge >= 0.3 is 0 Å². The summed E-state index contributed by atoms with van der Waals surface area (Å²) in [7, 11) is 0. The van der Waals surface area contributed by atoms with Crippen molar-refractivity contribution < 1.29 is 23.5 Å². The van der Waals surface area contributed by atoms with Gasteiger partial charge in [-0.1, -0.05) is 17.3 Å². The summed E-state index contributed by atoms with van der Waals surface area (Å²) in [4.78, 5) is 18.8. The highest BCUT2D eigenvalue weighted by Gasteiger charge is 2.43. The molecule has 1 N–H and O–H groups in total. The fraction of sp³-hybridized carbons (Fsp3) is 0.652. The average Bonchev–Trinajstić information content (AvgIpc) is 3.44. The molecule has 0 bridgehead atoms. The molecule has 3 aliphatic rings. The second-order valence-corrected chi connectivity index (χ2v) is 8.70. The topological polar surface area (TPSA) is 69.2 Å². The van der Waals surface area contributed by atoms with Gasteiger partial charge in [-0.2, -0.15) is 0 Å². The maximum absolute atomic E-state index is 13.5. The van der Waals surface area contributed by atoms with Crippen LogP contribution in [0.4, 0.5) is 4.39 Å². The summed E-state index contributed by atoms with van der Waals surface area (Å²) in [5.74, 6) is 0.434. The third-order valence-electron chi connectivity index (χ3n) is 6.54. The molecule has 7 heteroatoms. The first kappa shape index (κ1) is 21.2. The molecule has 30 heavy (non-hydrogen) atoms. The molecule has 1 aromatic rings. The lowest BCUT2D eigenvalue weighted by Crippen LogP contribution is -2.46. The van der Waals surface area contributed by atoms with Gasteiger partial charge in [0, 0.05) is 51.4 Å². The van der Waals surface area contributed by atoms with Gasteiger partial charge < -0.3 is 19.6 Å². The fourth-order valence-electron chi connectivity index (χ4n) is 4.69. The second kappa shape index (κ2) is 9.88. The summed E-state index contributed by atoms with van der Waals surface area (Å²) >= 11 is 0. The Morgan fingerprint density at radius 3 is 2.87 bits per heavy atom. The molecular formula is C23H31FN2O4. The zero-order valence-corrected chi connectivity index (χ0v) is 17.4. The van der Waals surface area contributed by atoms with E-state index in [-0.39, 0.29) is 17.8 Å². The van der Waals surface area contributed by atoms with Crippen molar-refractivity contribution in [2.75, 3.05) is 33.0 Å². The Kier molecular flexibility index (Phi) is 7.00. The molecule has 164 valence electrons. The van der Waals surface area contributed by atoms with E-state index >= 15 is 0 Å². The van der Waals surface area contributed by atoms with Gasteiger partial charge in [0.1, 0.15) is 11.9 Å². The molecule has 4 rings (SSSR count). The lowest BCUT2D eigenvalue weighted by molar-refractivity contribution is -0.140. The molecule has 0 unspecified atom stereocenters. The summed E-state index contributed by atoms with van der Waals surface area (Å²) in [5, 5.41) is 7.34. The Morgan fingerprint density at radius 1 is 1.23 bits per heavy atom. The first-order valence-electron chi connectivity index (χ1n) is 11.1. The molecule has 3 aliphatic heterocycles. The van der Waals surface area contributed by atoms with Crippen molar-refractivity contribution in [3.05, 3.63) is 35.6 Å². The minimum absolute atomic E-state index is 0.0938. The second-order valence-electron chi connectivity index (χ2n) is 8.70. The van der Waals surface area contributed by atoms with Crippen LogP contribution in [0.25, 0.3) is 0 Å². The van der Waals surface area contributed by atoms with Crippen molar-refractivity contribution in [2.45, 2.75) is 51.0 Å². The first-order chi connectivity index (χ1) is 14.6. The molecule has 2 atom stereocenters. The summed E-state index contributed by atoms with van der Waals surface area (Å²) in [6.07, 6.45) is 5.56. The van der Waals surface area contributed by atoms with E-state index in [0.29, 0.717) is 51.4 Å². The van der Waals surface area contributed by atoms with Crippen LogP contribution in [0.3, 0.4) is 0 Å². The zero-order chi connectivity index (χ0) is 20.8. The minimum atomic E-state index is -0.494. The van der Waals surface area contributed by atoms with Crippen molar-refractivity contribution in [1.29, 1.82) is 0 Å². The highest BCUT2D eigenvalue weighted by atomic mass is 19.1. The largest absolute Gasteiger partial charge is 0.392 e. The third kappa shape index (κ3) is 5.19. The maximum Gasteiger partial charge on any atom is 0.226 e. The van der Waals surface area contributed by atoms with Gasteiger partial charge in [-0.05, 0) is 50.2 Å². The van der Waals surface area contributed by atoms with Crippen LogP contribution < -0.4 is 5.32 Å². The number of hydrogen-bond acceptors (Lipinski definition) is 5. The Bertz CT molecular complexity index is 757. The molecule has 1 amide bonds. The number of oxime groups is 1. The SMILES string of the molecule is O=C(NCCC[C@@H]1CCOC1)C1(C[C@@H]2CC(c3cccc(F)c3)=NO2)CCOCC1. The molecule has 0 radical (unpaired) electrons. The highest BCUT2D eigenvalue weighted by Crippen LogP contribution is 2.38. The van der Waals surface area contributed by atoms with Crippen LogP contribution in [0.1, 0.15) is 50.5 Å². The number of carbonyl (C=O) groups is 1. The number of carbonyl (C=O) groups excluding carboxylic acids is 1. The lowest BCUT2D eigenvalue weighted by atomic mass is 9.74. The monoisotopic (exact) mass is 418 g/mol. The first-order valence-corrected chi connectivity index (χ1v) is 11.1. The molecule has 6 nitrogen and oxygen atoms in total. The highest BCUT2D eigenvalue weighted by molar-refractivity contribution is 6.01. The molecular weight excluding hydrogens is 387 g/mol. The lowest BCUT2D eigenvalue weighted by Gasteiger charge is -2.37. The van der Waals surface area contributed by atoms with Crippen molar-refractivity contribution in [2.24, 2.45) is 16.5 Å². The van der Waals surface area contributed by atoms with Crippen LogP contribution in [0.5, 0.6) is 0 Å². The van der Waals surface area contributed by atoms with E-state index in [4.69, 9.17) is 14.3 Å². The van der Waals surface area contributed by atoms with Gasteiger partial charge in [0.05, 0.1) is 11.1 Å². The summed E-state index contributed by atoms with van der Waals surface area (Å²) < 4.78 is 24.5. The van der Waals surface area contributed by atoms with Gasteiger partial charge in [-0.25, -0.2) is 4.39 Å². The van der Waals surface area contributed by atoms with Crippen molar-refractivity contribution in [3.8, 4) is 0 Å². The minimum Gasteiger partial charge on any atom is -0.392 e. The maximum atomic E-state index is 13.5. The Labute approximate surface area is 177 Å². The predicted octanol–water partition coefficient (Wildman–Crippen LogP) is 3.44. The fourth-order valence-corrected chi connectivity index (χ4v) is 4.69. The number of benzene rings is 1. The Morgan fingerprint density at radius 2 is 2.10 bits per heavy atom. The number of halogens is 1. The van der Waals surface area contributed by atoms with E-state index in [0.717, 1.165) is 43.8 Å². The molecule has 0 aromatic heterocycles. The molecule has 2 saturated heterocycles. The summed E-state index contributed by atoms with van der Waals surface area (Å²) in [6, 6.07) is 6.39. The van der Waals surface area contributed by atoms with E-state index in [9.17, 15) is 9.18 Å². The van der Waals surface area contributed by atoms with E-state index in [2.05, 4.69) is 10.5 Å². The number of nitrogens with one attached hydrogen (secondary N) is 1. The van der Waals surface area contributed by atoms with Crippen LogP contribution >= 0.6 is 0 Å².